The molecule has 0 saturated carbocycles. The number of amides is 1. The summed E-state index contributed by atoms with van der Waals surface area (Å²) in [5.74, 6) is -0.782. The maximum absolute atomic E-state index is 12.2. The summed E-state index contributed by atoms with van der Waals surface area (Å²) in [6.07, 6.45) is 0. The molecular formula is C16H13ClINO3. The van der Waals surface area contributed by atoms with Gasteiger partial charge in [-0.05, 0) is 72.0 Å². The van der Waals surface area contributed by atoms with Crippen LogP contribution in [0.5, 0.6) is 0 Å². The summed E-state index contributed by atoms with van der Waals surface area (Å²) in [4.78, 5) is 24.2. The molecule has 0 bridgehead atoms. The summed E-state index contributed by atoms with van der Waals surface area (Å²) in [5, 5.41) is 3.28. The Balaban J connectivity index is 2.27. The molecule has 0 aliphatic heterocycles. The first-order chi connectivity index (χ1) is 10.5. The Bertz CT molecular complexity index is 701. The van der Waals surface area contributed by atoms with Crippen molar-refractivity contribution in [2.75, 3.05) is 11.9 Å². The van der Waals surface area contributed by atoms with Gasteiger partial charge in [-0.25, -0.2) is 4.79 Å². The Morgan fingerprint density at radius 1 is 1.18 bits per heavy atom. The zero-order valence-electron chi connectivity index (χ0n) is 11.7. The lowest BCUT2D eigenvalue weighted by Crippen LogP contribution is -2.16. The number of carbonyl (C=O) groups is 2. The Morgan fingerprint density at radius 3 is 2.50 bits per heavy atom. The number of esters is 1. The number of hydrogen-bond donors (Lipinski definition) is 1. The molecule has 114 valence electrons. The van der Waals surface area contributed by atoms with Gasteiger partial charge in [0.2, 0.25) is 0 Å². The monoisotopic (exact) mass is 429 g/mol. The zero-order chi connectivity index (χ0) is 16.1. The highest BCUT2D eigenvalue weighted by molar-refractivity contribution is 14.1. The van der Waals surface area contributed by atoms with Gasteiger partial charge in [-0.15, -0.1) is 0 Å². The number of hydrogen-bond acceptors (Lipinski definition) is 3. The molecule has 0 radical (unpaired) electrons. The van der Waals surface area contributed by atoms with Gasteiger partial charge < -0.3 is 10.1 Å². The van der Waals surface area contributed by atoms with Gasteiger partial charge in [0.05, 0.1) is 17.9 Å². The smallest absolute Gasteiger partial charge is 0.340 e. The van der Waals surface area contributed by atoms with Crippen LogP contribution < -0.4 is 5.32 Å². The highest BCUT2D eigenvalue weighted by Crippen LogP contribution is 2.21. The minimum atomic E-state index is -0.465. The highest BCUT2D eigenvalue weighted by atomic mass is 127. The third-order valence-corrected chi connectivity index (χ3v) is 3.75. The van der Waals surface area contributed by atoms with Gasteiger partial charge in [0.25, 0.3) is 5.91 Å². The Kier molecular flexibility index (Phi) is 5.79. The molecule has 4 nitrogen and oxygen atoms in total. The first kappa shape index (κ1) is 16.8. The van der Waals surface area contributed by atoms with Gasteiger partial charge in [-0.2, -0.15) is 0 Å². The molecule has 1 amide bonds. The van der Waals surface area contributed by atoms with Crippen molar-refractivity contribution in [2.24, 2.45) is 0 Å². The summed E-state index contributed by atoms with van der Waals surface area (Å²) in [7, 11) is 0. The maximum Gasteiger partial charge on any atom is 0.340 e. The van der Waals surface area contributed by atoms with E-state index < -0.39 is 5.97 Å². The molecule has 2 aromatic rings. The van der Waals surface area contributed by atoms with E-state index in [1.807, 2.05) is 0 Å². The van der Waals surface area contributed by atoms with E-state index in [2.05, 4.69) is 27.9 Å². The van der Waals surface area contributed by atoms with Gasteiger partial charge in [0, 0.05) is 14.2 Å². The predicted molar refractivity (Wildman–Crippen MR) is 94.5 cm³/mol. The largest absolute Gasteiger partial charge is 0.462 e. The van der Waals surface area contributed by atoms with Crippen LogP contribution in [0.1, 0.15) is 27.6 Å². The van der Waals surface area contributed by atoms with Crippen molar-refractivity contribution in [1.29, 1.82) is 0 Å². The van der Waals surface area contributed by atoms with E-state index in [4.69, 9.17) is 16.3 Å². The van der Waals surface area contributed by atoms with E-state index in [9.17, 15) is 9.59 Å². The van der Waals surface area contributed by atoms with Crippen molar-refractivity contribution >= 4 is 51.8 Å². The molecule has 6 heteroatoms. The summed E-state index contributed by atoms with van der Waals surface area (Å²) in [6, 6.07) is 11.7. The standard InChI is InChI=1S/C16H13ClINO3/c1-2-22-16(21)13-9-12(18)7-8-14(13)19-15(20)10-3-5-11(17)6-4-10/h3-9H,2H2,1H3,(H,19,20). The van der Waals surface area contributed by atoms with Crippen molar-refractivity contribution in [1.82, 2.24) is 0 Å². The van der Waals surface area contributed by atoms with Crippen molar-refractivity contribution in [3.63, 3.8) is 0 Å². The molecule has 2 aromatic carbocycles. The number of rotatable bonds is 4. The van der Waals surface area contributed by atoms with Gasteiger partial charge in [-0.1, -0.05) is 11.6 Å². The van der Waals surface area contributed by atoms with Crippen LogP contribution in [0.2, 0.25) is 5.02 Å². The molecule has 0 saturated heterocycles. The van der Waals surface area contributed by atoms with Crippen LogP contribution in [0.4, 0.5) is 5.69 Å². The third-order valence-electron chi connectivity index (χ3n) is 2.83. The molecule has 0 aliphatic carbocycles. The number of ether oxygens (including phenoxy) is 1. The molecule has 0 fully saturated rings. The fourth-order valence-corrected chi connectivity index (χ4v) is 2.42. The summed E-state index contributed by atoms with van der Waals surface area (Å²) >= 11 is 7.90. The number of nitrogens with one attached hydrogen (secondary N) is 1. The summed E-state index contributed by atoms with van der Waals surface area (Å²) < 4.78 is 5.90. The van der Waals surface area contributed by atoms with Gasteiger partial charge in [0.15, 0.2) is 0 Å². The molecule has 1 N–H and O–H groups in total. The fraction of sp³-hybridized carbons (Fsp3) is 0.125. The number of halogens is 2. The topological polar surface area (TPSA) is 55.4 Å². The quantitative estimate of drug-likeness (QED) is 0.580. The average Bonchev–Trinajstić information content (AvgIpc) is 2.50. The average molecular weight is 430 g/mol. The highest BCUT2D eigenvalue weighted by Gasteiger charge is 2.16. The van der Waals surface area contributed by atoms with E-state index in [1.165, 1.54) is 0 Å². The third kappa shape index (κ3) is 4.20. The van der Waals surface area contributed by atoms with Crippen molar-refractivity contribution < 1.29 is 14.3 Å². The van der Waals surface area contributed by atoms with Crippen LogP contribution >= 0.6 is 34.2 Å². The number of carbonyl (C=O) groups excluding carboxylic acids is 2. The lowest BCUT2D eigenvalue weighted by molar-refractivity contribution is 0.0527. The second-order valence-corrected chi connectivity index (χ2v) is 6.05. The first-order valence-corrected chi connectivity index (χ1v) is 8.00. The summed E-state index contributed by atoms with van der Waals surface area (Å²) in [6.45, 7) is 2.01. The Hall–Kier alpha value is -1.60. The molecule has 0 aromatic heterocycles. The van der Waals surface area contributed by atoms with E-state index in [0.29, 0.717) is 21.8 Å². The Labute approximate surface area is 146 Å². The molecular weight excluding hydrogens is 417 g/mol. The van der Waals surface area contributed by atoms with Crippen LogP contribution in [0.25, 0.3) is 0 Å². The van der Waals surface area contributed by atoms with Crippen LogP contribution in [0.3, 0.4) is 0 Å². The van der Waals surface area contributed by atoms with Gasteiger partial charge in [-0.3, -0.25) is 4.79 Å². The van der Waals surface area contributed by atoms with E-state index in [-0.39, 0.29) is 12.5 Å². The van der Waals surface area contributed by atoms with Crippen molar-refractivity contribution in [2.45, 2.75) is 6.92 Å². The van der Waals surface area contributed by atoms with Crippen molar-refractivity contribution in [3.05, 3.63) is 62.2 Å². The van der Waals surface area contributed by atoms with Crippen LogP contribution in [0, 0.1) is 3.57 Å². The number of anilines is 1. The number of benzene rings is 2. The van der Waals surface area contributed by atoms with Crippen LogP contribution in [0.15, 0.2) is 42.5 Å². The van der Waals surface area contributed by atoms with Crippen LogP contribution in [-0.2, 0) is 4.74 Å². The Morgan fingerprint density at radius 2 is 1.86 bits per heavy atom. The van der Waals surface area contributed by atoms with Gasteiger partial charge >= 0.3 is 5.97 Å². The molecule has 22 heavy (non-hydrogen) atoms. The molecule has 0 unspecified atom stereocenters. The fourth-order valence-electron chi connectivity index (χ4n) is 1.80. The van der Waals surface area contributed by atoms with Crippen molar-refractivity contribution in [3.8, 4) is 0 Å². The zero-order valence-corrected chi connectivity index (χ0v) is 14.6. The lowest BCUT2D eigenvalue weighted by Gasteiger charge is -2.11. The van der Waals surface area contributed by atoms with E-state index in [0.717, 1.165) is 3.57 Å². The first-order valence-electron chi connectivity index (χ1n) is 6.55. The minimum Gasteiger partial charge on any atom is -0.462 e. The molecule has 0 atom stereocenters. The minimum absolute atomic E-state index is 0.273. The van der Waals surface area contributed by atoms with E-state index in [1.54, 1.807) is 49.4 Å². The van der Waals surface area contributed by atoms with E-state index >= 15 is 0 Å². The van der Waals surface area contributed by atoms with Gasteiger partial charge in [0.1, 0.15) is 0 Å². The lowest BCUT2D eigenvalue weighted by atomic mass is 10.1. The summed E-state index contributed by atoms with van der Waals surface area (Å²) in [5.41, 5.74) is 1.20. The molecule has 0 spiro atoms. The molecule has 0 aliphatic rings. The second kappa shape index (κ2) is 7.60. The molecule has 2 rings (SSSR count). The second-order valence-electron chi connectivity index (χ2n) is 4.37. The van der Waals surface area contributed by atoms with Crippen LogP contribution in [-0.4, -0.2) is 18.5 Å². The SMILES string of the molecule is CCOC(=O)c1cc(I)ccc1NC(=O)c1ccc(Cl)cc1. The maximum atomic E-state index is 12.2. The predicted octanol–water partition coefficient (Wildman–Crippen LogP) is 4.37. The normalized spacial score (nSPS) is 10.1. The molecule has 0 heterocycles.